The van der Waals surface area contributed by atoms with Gasteiger partial charge in [-0.25, -0.2) is 9.59 Å². The number of esters is 2. The Balaban J connectivity index is 4.74. The Kier molecular flexibility index (Phi) is 15.1. The zero-order valence-electron chi connectivity index (χ0n) is 18.3. The minimum Gasteiger partial charge on any atom is -0.464 e. The molecule has 2 amide bonds. The zero-order chi connectivity index (χ0) is 26.4. The molecule has 0 fully saturated rings. The van der Waals surface area contributed by atoms with Crippen LogP contribution in [0.4, 0.5) is 26.3 Å². The van der Waals surface area contributed by atoms with Crippen molar-refractivity contribution in [3.05, 3.63) is 0 Å². The predicted molar refractivity (Wildman–Crippen MR) is 113 cm³/mol. The average molecular weight is 545 g/mol. The molecule has 0 unspecified atom stereocenters. The number of hydrogen-bond acceptors (Lipinski definition) is 8. The lowest BCUT2D eigenvalue weighted by Gasteiger charge is -2.19. The summed E-state index contributed by atoms with van der Waals surface area (Å²) in [7, 11) is 2.09. The summed E-state index contributed by atoms with van der Waals surface area (Å²) in [6, 6.07) is -3.09. The average Bonchev–Trinajstić information content (AvgIpc) is 2.74. The molecule has 34 heavy (non-hydrogen) atoms. The molecule has 0 aromatic rings. The summed E-state index contributed by atoms with van der Waals surface area (Å²) >= 11 is 0. The van der Waals surface area contributed by atoms with Gasteiger partial charge in [0.15, 0.2) is 0 Å². The van der Waals surface area contributed by atoms with Gasteiger partial charge in [0.2, 0.25) is 0 Å². The van der Waals surface area contributed by atoms with Crippen LogP contribution < -0.4 is 10.6 Å². The molecule has 2 N–H and O–H groups in total. The molecule has 0 aromatic heterocycles. The highest BCUT2D eigenvalue weighted by atomic mass is 33.1. The summed E-state index contributed by atoms with van der Waals surface area (Å²) in [5.41, 5.74) is 0. The molecule has 0 radical (unpaired) electrons. The highest BCUT2D eigenvalue weighted by Crippen LogP contribution is 2.25. The Morgan fingerprint density at radius 2 is 1.03 bits per heavy atom. The van der Waals surface area contributed by atoms with Crippen molar-refractivity contribution in [1.29, 1.82) is 0 Å². The van der Waals surface area contributed by atoms with E-state index in [1.165, 1.54) is 0 Å². The second-order valence-electron chi connectivity index (χ2n) is 6.60. The number of carbonyl (C=O) groups is 4. The van der Waals surface area contributed by atoms with Crippen molar-refractivity contribution >= 4 is 45.3 Å². The zero-order valence-corrected chi connectivity index (χ0v) is 20.0. The van der Waals surface area contributed by atoms with E-state index in [1.54, 1.807) is 24.5 Å². The molecule has 0 rings (SSSR count). The van der Waals surface area contributed by atoms with Crippen molar-refractivity contribution in [2.45, 2.75) is 64.0 Å². The van der Waals surface area contributed by atoms with Gasteiger partial charge in [0.25, 0.3) is 0 Å². The molecule has 0 aliphatic carbocycles. The van der Waals surface area contributed by atoms with Gasteiger partial charge in [0, 0.05) is 11.5 Å². The summed E-state index contributed by atoms with van der Waals surface area (Å²) in [6.45, 7) is 3.26. The van der Waals surface area contributed by atoms with Crippen molar-refractivity contribution in [3.63, 3.8) is 0 Å². The number of amides is 2. The van der Waals surface area contributed by atoms with Gasteiger partial charge in [-0.15, -0.1) is 0 Å². The number of halogens is 6. The summed E-state index contributed by atoms with van der Waals surface area (Å²) in [5, 5.41) is 3.14. The summed E-state index contributed by atoms with van der Waals surface area (Å²) in [5.74, 6) is -6.52. The first-order valence-corrected chi connectivity index (χ1v) is 12.6. The van der Waals surface area contributed by atoms with E-state index in [1.807, 2.05) is 0 Å². The van der Waals surface area contributed by atoms with Gasteiger partial charge in [-0.2, -0.15) is 26.3 Å². The van der Waals surface area contributed by atoms with Crippen LogP contribution in [0.1, 0.15) is 39.5 Å². The smallest absolute Gasteiger partial charge is 0.464 e. The Labute approximate surface area is 200 Å². The topological polar surface area (TPSA) is 111 Å². The summed E-state index contributed by atoms with van der Waals surface area (Å²) in [6.07, 6.45) is -9.96. The third-order valence-corrected chi connectivity index (χ3v) is 6.13. The number of hydrogen-bond donors (Lipinski definition) is 2. The highest BCUT2D eigenvalue weighted by molar-refractivity contribution is 8.76. The molecular formula is C18H26F6N2O6S2. The molecule has 198 valence electrons. The standard InChI is InChI=1S/C18H26F6N2O6S2/c1-3-7-31-13(27)11(25-15(29)17(19,20)21)5-9-33-34-10-6-12(14(28)32-8-4-2)26-16(30)18(22,23)24/h11-12H,3-10H2,1-2H3,(H,25,29)(H,26,30)/t11-,12-/m0/s1. The van der Waals surface area contributed by atoms with Crippen molar-refractivity contribution in [2.75, 3.05) is 24.7 Å². The van der Waals surface area contributed by atoms with Gasteiger partial charge >= 0.3 is 36.1 Å². The normalized spacial score (nSPS) is 13.5. The third kappa shape index (κ3) is 13.8. The van der Waals surface area contributed by atoms with Gasteiger partial charge in [0.05, 0.1) is 13.2 Å². The van der Waals surface area contributed by atoms with Crippen molar-refractivity contribution in [3.8, 4) is 0 Å². The number of rotatable bonds is 15. The fourth-order valence-corrected chi connectivity index (χ4v) is 4.22. The molecule has 8 nitrogen and oxygen atoms in total. The van der Waals surface area contributed by atoms with E-state index in [9.17, 15) is 45.5 Å². The maximum atomic E-state index is 12.5. The number of ether oxygens (including phenoxy) is 2. The van der Waals surface area contributed by atoms with Crippen LogP contribution in [0.3, 0.4) is 0 Å². The van der Waals surface area contributed by atoms with Gasteiger partial charge in [0.1, 0.15) is 12.1 Å². The van der Waals surface area contributed by atoms with Crippen LogP contribution in [0.25, 0.3) is 0 Å². The van der Waals surface area contributed by atoms with Crippen molar-refractivity contribution in [1.82, 2.24) is 10.6 Å². The van der Waals surface area contributed by atoms with Crippen molar-refractivity contribution < 1.29 is 55.0 Å². The second kappa shape index (κ2) is 15.9. The lowest BCUT2D eigenvalue weighted by Crippen LogP contribution is -2.47. The molecule has 0 aliphatic heterocycles. The largest absolute Gasteiger partial charge is 0.471 e. The predicted octanol–water partition coefficient (Wildman–Crippen LogP) is 3.15. The van der Waals surface area contributed by atoms with Gasteiger partial charge < -0.3 is 20.1 Å². The van der Waals surface area contributed by atoms with E-state index in [4.69, 9.17) is 9.47 Å². The first-order valence-electron chi connectivity index (χ1n) is 10.1. The van der Waals surface area contributed by atoms with Crippen LogP contribution in [0.2, 0.25) is 0 Å². The minimum absolute atomic E-state index is 0.0434. The molecular weight excluding hydrogens is 518 g/mol. The Bertz CT molecular complexity index is 622. The van der Waals surface area contributed by atoms with E-state index in [0.717, 1.165) is 21.6 Å². The van der Waals surface area contributed by atoms with Crippen LogP contribution in [-0.2, 0) is 28.7 Å². The van der Waals surface area contributed by atoms with E-state index in [-0.39, 0.29) is 37.6 Å². The van der Waals surface area contributed by atoms with Crippen LogP contribution in [0.5, 0.6) is 0 Å². The maximum absolute atomic E-state index is 12.5. The fourth-order valence-electron chi connectivity index (χ4n) is 2.03. The first-order chi connectivity index (χ1) is 15.7. The molecule has 0 heterocycles. The fraction of sp³-hybridized carbons (Fsp3) is 0.778. The van der Waals surface area contributed by atoms with Crippen LogP contribution >= 0.6 is 21.6 Å². The second-order valence-corrected chi connectivity index (χ2v) is 9.31. The molecule has 2 atom stereocenters. The van der Waals surface area contributed by atoms with Gasteiger partial charge in [-0.3, -0.25) is 9.59 Å². The minimum atomic E-state index is -5.19. The first kappa shape index (κ1) is 32.2. The van der Waals surface area contributed by atoms with Crippen molar-refractivity contribution in [2.24, 2.45) is 0 Å². The molecule has 0 aromatic carbocycles. The molecule has 0 saturated heterocycles. The Morgan fingerprint density at radius 3 is 1.29 bits per heavy atom. The number of alkyl halides is 6. The Hall–Kier alpha value is -1.84. The Morgan fingerprint density at radius 1 is 0.706 bits per heavy atom. The maximum Gasteiger partial charge on any atom is 0.471 e. The number of carbonyl (C=O) groups excluding carboxylic acids is 4. The van der Waals surface area contributed by atoms with E-state index in [2.05, 4.69) is 0 Å². The highest BCUT2D eigenvalue weighted by Gasteiger charge is 2.42. The van der Waals surface area contributed by atoms with Crippen LogP contribution in [-0.4, -0.2) is 72.9 Å². The van der Waals surface area contributed by atoms with Gasteiger partial charge in [-0.1, -0.05) is 35.4 Å². The third-order valence-electron chi connectivity index (χ3n) is 3.65. The number of nitrogens with one attached hydrogen (secondary N) is 2. The molecule has 16 heteroatoms. The summed E-state index contributed by atoms with van der Waals surface area (Å²) < 4.78 is 84.5. The monoisotopic (exact) mass is 544 g/mol. The SMILES string of the molecule is CCCOC(=O)[C@H](CCSSCC[C@H](NC(=O)C(F)(F)F)C(=O)OCCC)NC(=O)C(F)(F)F. The summed E-state index contributed by atoms with van der Waals surface area (Å²) in [4.78, 5) is 46.1. The van der Waals surface area contributed by atoms with Crippen LogP contribution in [0.15, 0.2) is 0 Å². The van der Waals surface area contributed by atoms with E-state index in [0.29, 0.717) is 12.8 Å². The molecule has 0 bridgehead atoms. The molecule has 0 aliphatic rings. The van der Waals surface area contributed by atoms with E-state index >= 15 is 0 Å². The van der Waals surface area contributed by atoms with E-state index < -0.39 is 48.2 Å². The lowest BCUT2D eigenvalue weighted by molar-refractivity contribution is -0.176. The molecule has 0 saturated carbocycles. The van der Waals surface area contributed by atoms with Gasteiger partial charge in [-0.05, 0) is 25.7 Å². The quantitative estimate of drug-likeness (QED) is 0.140. The lowest BCUT2D eigenvalue weighted by atomic mass is 10.2. The van der Waals surface area contributed by atoms with Crippen LogP contribution in [0, 0.1) is 0 Å². The molecule has 0 spiro atoms.